The van der Waals surface area contributed by atoms with Crippen molar-refractivity contribution in [1.29, 1.82) is 0 Å². The minimum absolute atomic E-state index is 0.181. The van der Waals surface area contributed by atoms with Gasteiger partial charge in [-0.15, -0.1) is 0 Å². The highest BCUT2D eigenvalue weighted by Crippen LogP contribution is 2.16. The third kappa shape index (κ3) is 2.23. The van der Waals surface area contributed by atoms with Gasteiger partial charge in [0.2, 0.25) is 0 Å². The van der Waals surface area contributed by atoms with Crippen molar-refractivity contribution < 1.29 is 14.6 Å². The van der Waals surface area contributed by atoms with Crippen LogP contribution in [-0.4, -0.2) is 52.5 Å². The topological polar surface area (TPSA) is 78.5 Å². The average molecular weight is 225 g/mol. The molecule has 1 aromatic rings. The Labute approximate surface area is 93.2 Å². The zero-order valence-corrected chi connectivity index (χ0v) is 9.14. The predicted molar refractivity (Wildman–Crippen MR) is 56.2 cm³/mol. The molecule has 0 saturated carbocycles. The van der Waals surface area contributed by atoms with Crippen LogP contribution in [0.1, 0.15) is 22.5 Å². The summed E-state index contributed by atoms with van der Waals surface area (Å²) in [6.07, 6.45) is 2.83. The molecule has 1 aliphatic rings. The number of rotatable bonds is 4. The molecule has 1 atom stereocenters. The van der Waals surface area contributed by atoms with Crippen LogP contribution in [0.25, 0.3) is 0 Å². The van der Waals surface area contributed by atoms with Crippen molar-refractivity contribution in [3.8, 4) is 0 Å². The van der Waals surface area contributed by atoms with Gasteiger partial charge >= 0.3 is 5.97 Å². The number of carbonyl (C=O) groups is 1. The Hall–Kier alpha value is -1.40. The van der Waals surface area contributed by atoms with Gasteiger partial charge in [0.1, 0.15) is 5.69 Å². The third-order valence-electron chi connectivity index (χ3n) is 2.89. The zero-order valence-electron chi connectivity index (χ0n) is 9.14. The smallest absolute Gasteiger partial charge is 0.354 e. The molecule has 0 aromatic carbocycles. The molecule has 6 heteroatoms. The van der Waals surface area contributed by atoms with E-state index in [1.807, 2.05) is 0 Å². The van der Waals surface area contributed by atoms with Crippen molar-refractivity contribution in [1.82, 2.24) is 15.1 Å². The van der Waals surface area contributed by atoms with Crippen molar-refractivity contribution in [2.45, 2.75) is 19.1 Å². The van der Waals surface area contributed by atoms with Gasteiger partial charge in [0, 0.05) is 32.3 Å². The summed E-state index contributed by atoms with van der Waals surface area (Å²) < 4.78 is 5.26. The molecule has 16 heavy (non-hydrogen) atoms. The number of likely N-dealkylation sites (tertiary alicyclic amines) is 1. The van der Waals surface area contributed by atoms with Crippen molar-refractivity contribution in [3.63, 3.8) is 0 Å². The van der Waals surface area contributed by atoms with Gasteiger partial charge in [-0.3, -0.25) is 10.00 Å². The van der Waals surface area contributed by atoms with Crippen LogP contribution >= 0.6 is 0 Å². The molecule has 2 N–H and O–H groups in total. The number of H-pyrrole nitrogens is 1. The van der Waals surface area contributed by atoms with E-state index in [0.717, 1.165) is 25.1 Å². The first kappa shape index (κ1) is 11.1. The number of aromatic amines is 1. The van der Waals surface area contributed by atoms with Crippen LogP contribution in [0.2, 0.25) is 0 Å². The van der Waals surface area contributed by atoms with E-state index in [-0.39, 0.29) is 11.8 Å². The molecule has 0 radical (unpaired) electrons. The lowest BCUT2D eigenvalue weighted by Gasteiger charge is -2.14. The van der Waals surface area contributed by atoms with Gasteiger partial charge in [0.25, 0.3) is 0 Å². The molecule has 1 aliphatic heterocycles. The molecule has 0 spiro atoms. The number of hydrogen-bond donors (Lipinski definition) is 2. The quantitative estimate of drug-likeness (QED) is 0.772. The molecule has 1 fully saturated rings. The fourth-order valence-electron chi connectivity index (χ4n) is 1.99. The first-order chi connectivity index (χ1) is 7.70. The Kier molecular flexibility index (Phi) is 3.21. The molecular weight excluding hydrogens is 210 g/mol. The lowest BCUT2D eigenvalue weighted by molar-refractivity contribution is 0.0688. The Morgan fingerprint density at radius 1 is 1.81 bits per heavy atom. The number of carboxylic acid groups (broad SMARTS) is 1. The molecule has 0 unspecified atom stereocenters. The largest absolute Gasteiger partial charge is 0.477 e. The predicted octanol–water partition coefficient (Wildman–Crippen LogP) is 0.329. The maximum absolute atomic E-state index is 10.9. The van der Waals surface area contributed by atoms with Gasteiger partial charge in [0.15, 0.2) is 0 Å². The number of aromatic carboxylic acids is 1. The van der Waals surface area contributed by atoms with E-state index in [1.165, 1.54) is 0 Å². The first-order valence-corrected chi connectivity index (χ1v) is 5.21. The maximum Gasteiger partial charge on any atom is 0.354 e. The number of methoxy groups -OCH3 is 1. The molecule has 0 aliphatic carbocycles. The van der Waals surface area contributed by atoms with Crippen LogP contribution in [-0.2, 0) is 11.3 Å². The van der Waals surface area contributed by atoms with Crippen molar-refractivity contribution in [2.24, 2.45) is 0 Å². The summed E-state index contributed by atoms with van der Waals surface area (Å²) in [5, 5.41) is 15.2. The summed E-state index contributed by atoms with van der Waals surface area (Å²) in [5.74, 6) is -0.963. The molecule has 0 bridgehead atoms. The van der Waals surface area contributed by atoms with Crippen LogP contribution in [0.15, 0.2) is 6.20 Å². The number of ether oxygens (including phenoxy) is 1. The highest BCUT2D eigenvalue weighted by Gasteiger charge is 2.24. The molecule has 0 amide bonds. The summed E-state index contributed by atoms with van der Waals surface area (Å²) in [5.41, 5.74) is 0.908. The summed E-state index contributed by atoms with van der Waals surface area (Å²) in [6.45, 7) is 2.39. The molecule has 88 valence electrons. The highest BCUT2D eigenvalue weighted by molar-refractivity contribution is 5.86. The second-order valence-corrected chi connectivity index (χ2v) is 3.96. The first-order valence-electron chi connectivity index (χ1n) is 5.21. The van der Waals surface area contributed by atoms with Crippen LogP contribution in [0, 0.1) is 0 Å². The standard InChI is InChI=1S/C10H15N3O3/c1-16-8-2-3-13(6-8)5-7-4-11-12-9(7)10(14)15/h4,8H,2-3,5-6H2,1H3,(H,11,12)(H,14,15)/t8-/m1/s1. The molecule has 1 aromatic heterocycles. The van der Waals surface area contributed by atoms with Gasteiger partial charge in [-0.25, -0.2) is 4.79 Å². The normalized spacial score (nSPS) is 21.4. The van der Waals surface area contributed by atoms with Crippen molar-refractivity contribution >= 4 is 5.97 Å². The fourth-order valence-corrected chi connectivity index (χ4v) is 1.99. The summed E-state index contributed by atoms with van der Waals surface area (Å²) in [4.78, 5) is 13.0. The average Bonchev–Trinajstić information content (AvgIpc) is 2.87. The number of aromatic nitrogens is 2. The second kappa shape index (κ2) is 4.63. The van der Waals surface area contributed by atoms with E-state index in [9.17, 15) is 4.79 Å². The Morgan fingerprint density at radius 2 is 2.62 bits per heavy atom. The van der Waals surface area contributed by atoms with Gasteiger partial charge in [-0.05, 0) is 6.42 Å². The highest BCUT2D eigenvalue weighted by atomic mass is 16.5. The molecule has 6 nitrogen and oxygen atoms in total. The fraction of sp³-hybridized carbons (Fsp3) is 0.600. The van der Waals surface area contributed by atoms with Gasteiger partial charge in [-0.1, -0.05) is 0 Å². The monoisotopic (exact) mass is 225 g/mol. The molecule has 1 saturated heterocycles. The number of nitrogens with zero attached hydrogens (tertiary/aromatic N) is 2. The minimum atomic E-state index is -0.963. The molecular formula is C10H15N3O3. The lowest BCUT2D eigenvalue weighted by atomic mass is 10.2. The number of hydrogen-bond acceptors (Lipinski definition) is 4. The Morgan fingerprint density at radius 3 is 3.25 bits per heavy atom. The van der Waals surface area contributed by atoms with Crippen molar-refractivity contribution in [3.05, 3.63) is 17.5 Å². The number of nitrogens with one attached hydrogen (secondary N) is 1. The van der Waals surface area contributed by atoms with E-state index >= 15 is 0 Å². The zero-order chi connectivity index (χ0) is 11.5. The second-order valence-electron chi connectivity index (χ2n) is 3.96. The van der Waals surface area contributed by atoms with E-state index < -0.39 is 5.97 Å². The summed E-state index contributed by atoms with van der Waals surface area (Å²) >= 11 is 0. The number of carboxylic acids is 1. The Bertz CT molecular complexity index is 377. The Balaban J connectivity index is 1.99. The van der Waals surface area contributed by atoms with Crippen LogP contribution in [0.4, 0.5) is 0 Å². The van der Waals surface area contributed by atoms with Gasteiger partial charge in [-0.2, -0.15) is 5.10 Å². The van der Waals surface area contributed by atoms with Gasteiger partial charge in [0.05, 0.1) is 12.3 Å². The lowest BCUT2D eigenvalue weighted by Crippen LogP contribution is -2.23. The van der Waals surface area contributed by atoms with E-state index in [4.69, 9.17) is 9.84 Å². The molecule has 2 heterocycles. The van der Waals surface area contributed by atoms with E-state index in [2.05, 4.69) is 15.1 Å². The van der Waals surface area contributed by atoms with Crippen LogP contribution in [0.5, 0.6) is 0 Å². The summed E-state index contributed by atoms with van der Waals surface area (Å²) in [6, 6.07) is 0. The minimum Gasteiger partial charge on any atom is -0.477 e. The molecule has 2 rings (SSSR count). The summed E-state index contributed by atoms with van der Waals surface area (Å²) in [7, 11) is 1.70. The maximum atomic E-state index is 10.9. The van der Waals surface area contributed by atoms with E-state index in [1.54, 1.807) is 13.3 Å². The van der Waals surface area contributed by atoms with Crippen LogP contribution in [0.3, 0.4) is 0 Å². The van der Waals surface area contributed by atoms with E-state index in [0.29, 0.717) is 6.54 Å². The van der Waals surface area contributed by atoms with Crippen LogP contribution < -0.4 is 0 Å². The SMILES string of the molecule is CO[C@@H]1CCN(Cc2cn[nH]c2C(=O)O)C1. The third-order valence-corrected chi connectivity index (χ3v) is 2.89. The van der Waals surface area contributed by atoms with Gasteiger partial charge < -0.3 is 9.84 Å². The van der Waals surface area contributed by atoms with Crippen molar-refractivity contribution in [2.75, 3.05) is 20.2 Å².